The molecule has 0 saturated carbocycles. The summed E-state index contributed by atoms with van der Waals surface area (Å²) in [4.78, 5) is 5.22. The smallest absolute Gasteiger partial charge is 0.0619 e. The third-order valence-electron chi connectivity index (χ3n) is 15.8. The summed E-state index contributed by atoms with van der Waals surface area (Å²) in [5.41, 5.74) is 18.3. The number of benzene rings is 10. The second-order valence-corrected chi connectivity index (χ2v) is 22.7. The maximum absolute atomic E-state index is 2.67. The fraction of sp³-hybridized carbons (Fsp3) is 0.0286. The molecule has 0 radical (unpaired) electrons. The summed E-state index contributed by atoms with van der Waals surface area (Å²) in [7, 11) is -2.12. The average molecular weight is 949 g/mol. The van der Waals surface area contributed by atoms with Gasteiger partial charge in [0.05, 0.1) is 27.7 Å². The van der Waals surface area contributed by atoms with Crippen molar-refractivity contribution in [3.63, 3.8) is 0 Å². The van der Waals surface area contributed by atoms with Crippen molar-refractivity contribution >= 4 is 54.4 Å². The van der Waals surface area contributed by atoms with E-state index in [-0.39, 0.29) is 5.41 Å². The van der Waals surface area contributed by atoms with Crippen molar-refractivity contribution in [2.75, 3.05) is 0 Å². The zero-order valence-electron chi connectivity index (χ0n) is 40.1. The normalized spacial score (nSPS) is 15.6. The van der Waals surface area contributed by atoms with Gasteiger partial charge in [-0.25, -0.2) is 0 Å². The van der Waals surface area contributed by atoms with Gasteiger partial charge in [0.1, 0.15) is 0 Å². The van der Waals surface area contributed by atoms with Crippen LogP contribution in [-0.4, -0.2) is 9.13 Å². The molecule has 1 unspecified atom stereocenters. The Hall–Kier alpha value is -8.89. The third-order valence-corrected chi connectivity index (χ3v) is 19.7. The topological polar surface area (TPSA) is 9.86 Å². The first-order chi connectivity index (χ1) is 36.2. The first-order valence-corrected chi connectivity index (χ1v) is 27.0. The quantitative estimate of drug-likeness (QED) is 0.144. The number of hydrogen-bond acceptors (Lipinski definition) is 0. The fourth-order valence-electron chi connectivity index (χ4n) is 12.8. The van der Waals surface area contributed by atoms with Crippen molar-refractivity contribution in [2.24, 2.45) is 0 Å². The van der Waals surface area contributed by atoms with Crippen LogP contribution in [0.4, 0.5) is 0 Å². The van der Waals surface area contributed by atoms with Crippen LogP contribution >= 0.6 is 10.0 Å². The Morgan fingerprint density at radius 2 is 1.00 bits per heavy atom. The Balaban J connectivity index is 1.03. The van der Waals surface area contributed by atoms with Gasteiger partial charge in [-0.1, -0.05) is 200 Å². The molecule has 0 bridgehead atoms. The van der Waals surface area contributed by atoms with E-state index in [1.807, 2.05) is 0 Å². The molecule has 73 heavy (non-hydrogen) atoms. The van der Waals surface area contributed by atoms with Gasteiger partial charge in [-0.15, -0.1) is 10.0 Å². The number of para-hydroxylation sites is 3. The number of hydrogen-bond donors (Lipinski definition) is 0. The van der Waals surface area contributed by atoms with E-state index in [4.69, 9.17) is 0 Å². The number of rotatable bonds is 8. The molecular formula is C70H48N2S. The van der Waals surface area contributed by atoms with Crippen molar-refractivity contribution in [2.45, 2.75) is 31.4 Å². The lowest BCUT2D eigenvalue weighted by Gasteiger charge is -2.45. The van der Waals surface area contributed by atoms with E-state index in [0.29, 0.717) is 0 Å². The molecule has 2 nitrogen and oxygen atoms in total. The first kappa shape index (κ1) is 41.9. The largest absolute Gasteiger partial charge is 0.310 e. The Kier molecular flexibility index (Phi) is 9.36. The van der Waals surface area contributed by atoms with E-state index >= 15 is 0 Å². The minimum absolute atomic E-state index is 0.340. The Labute approximate surface area is 427 Å². The predicted octanol–water partition coefficient (Wildman–Crippen LogP) is 18.7. The van der Waals surface area contributed by atoms with Crippen molar-refractivity contribution in [1.82, 2.24) is 9.13 Å². The molecule has 344 valence electrons. The molecule has 0 fully saturated rings. The fourth-order valence-corrected chi connectivity index (χ4v) is 16.7. The molecule has 0 amide bonds. The van der Waals surface area contributed by atoms with Gasteiger partial charge in [0, 0.05) is 69.4 Å². The van der Waals surface area contributed by atoms with E-state index < -0.39 is 10.0 Å². The molecule has 1 spiro atoms. The number of aromatic nitrogens is 2. The average Bonchev–Trinajstić information content (AvgIpc) is 4.22. The highest BCUT2D eigenvalue weighted by Gasteiger charge is 2.48. The van der Waals surface area contributed by atoms with Crippen LogP contribution in [0.3, 0.4) is 0 Å². The van der Waals surface area contributed by atoms with E-state index in [0.717, 1.165) is 12.1 Å². The lowest BCUT2D eigenvalue weighted by Crippen LogP contribution is -2.33. The van der Waals surface area contributed by atoms with Gasteiger partial charge >= 0.3 is 0 Å². The summed E-state index contributed by atoms with van der Waals surface area (Å²) in [5.74, 6) is 0. The lowest BCUT2D eigenvalue weighted by atomic mass is 9.68. The molecule has 15 rings (SSSR count). The molecule has 3 aliphatic rings. The first-order valence-electron chi connectivity index (χ1n) is 25.4. The third kappa shape index (κ3) is 6.07. The molecule has 0 saturated heterocycles. The Morgan fingerprint density at radius 3 is 1.75 bits per heavy atom. The zero-order chi connectivity index (χ0) is 48.1. The molecule has 10 aromatic carbocycles. The Bertz CT molecular complexity index is 4220. The second-order valence-electron chi connectivity index (χ2n) is 19.6. The lowest BCUT2D eigenvalue weighted by molar-refractivity contribution is 0.648. The van der Waals surface area contributed by atoms with Gasteiger partial charge in [-0.3, -0.25) is 0 Å². The van der Waals surface area contributed by atoms with Crippen LogP contribution in [0.2, 0.25) is 0 Å². The van der Waals surface area contributed by atoms with Crippen molar-refractivity contribution in [3.05, 3.63) is 290 Å². The van der Waals surface area contributed by atoms with E-state index in [1.165, 1.54) is 114 Å². The van der Waals surface area contributed by atoms with Crippen molar-refractivity contribution < 1.29 is 0 Å². The maximum atomic E-state index is 2.67. The van der Waals surface area contributed by atoms with Crippen molar-refractivity contribution in [1.29, 1.82) is 0 Å². The van der Waals surface area contributed by atoms with Crippen LogP contribution in [0.25, 0.3) is 89.1 Å². The molecule has 2 aromatic heterocycles. The van der Waals surface area contributed by atoms with Gasteiger partial charge in [0.25, 0.3) is 0 Å². The van der Waals surface area contributed by atoms with Gasteiger partial charge in [0.2, 0.25) is 0 Å². The monoisotopic (exact) mass is 948 g/mol. The van der Waals surface area contributed by atoms with Crippen molar-refractivity contribution in [3.8, 4) is 44.8 Å². The van der Waals surface area contributed by atoms with Crippen LogP contribution in [0.1, 0.15) is 23.2 Å². The van der Waals surface area contributed by atoms with Crippen LogP contribution in [0.5, 0.6) is 0 Å². The standard InChI is InChI=1S/C70H48N2S/c1-6-22-48(23-7-1)50-26-18-33-55(44-50)73(53-29-12-4-13-30-53,54-31-14-5-15-32-54)56-46-61(49-24-8-2-9-25-49)68-63(47-56)64-38-21-43-70(64)42-20-37-60-62-45-51(40-41-66(62)72(68)69(60)70)57-35-19-36-59-58-34-16-17-39-65(58)71(67(57)59)52-27-10-3-11-28-52/h1-41,43-47H,42H2. The molecule has 2 aliphatic carbocycles. The van der Waals surface area contributed by atoms with E-state index in [9.17, 15) is 0 Å². The minimum atomic E-state index is -2.12. The molecule has 3 heteroatoms. The highest BCUT2D eigenvalue weighted by Crippen LogP contribution is 2.75. The highest BCUT2D eigenvalue weighted by molar-refractivity contribution is 8.34. The summed E-state index contributed by atoms with van der Waals surface area (Å²) in [6.45, 7) is 0. The number of nitrogens with zero attached hydrogens (tertiary/aromatic N) is 2. The number of allylic oxidation sites excluding steroid dienone is 5. The van der Waals surface area contributed by atoms with Crippen LogP contribution in [0, 0.1) is 0 Å². The van der Waals surface area contributed by atoms with Crippen LogP contribution in [0.15, 0.2) is 293 Å². The number of fused-ring (bicyclic) bond motifs is 9. The minimum Gasteiger partial charge on any atom is -0.310 e. The Morgan fingerprint density at radius 1 is 0.397 bits per heavy atom. The molecule has 1 atom stereocenters. The summed E-state index contributed by atoms with van der Waals surface area (Å²) in [5, 5.41) is 3.78. The molecule has 0 N–H and O–H groups in total. The molecule has 12 aromatic rings. The highest BCUT2D eigenvalue weighted by atomic mass is 32.3. The molecule has 3 heterocycles. The maximum Gasteiger partial charge on any atom is 0.0619 e. The van der Waals surface area contributed by atoms with Gasteiger partial charge in [-0.2, -0.15) is 0 Å². The summed E-state index contributed by atoms with van der Waals surface area (Å²) >= 11 is 0. The van der Waals surface area contributed by atoms with E-state index in [1.54, 1.807) is 0 Å². The van der Waals surface area contributed by atoms with Gasteiger partial charge in [-0.05, 0) is 113 Å². The second kappa shape index (κ2) is 16.3. The zero-order valence-corrected chi connectivity index (χ0v) is 40.9. The SMILES string of the molecule is C1=CC23CC=Cc4c2n(c2ccc(-c5cccc6c7ccccc7n(-c7ccccc7)c56)cc42)-c2c(cc(S(c4ccccc4)(c4ccccc4)c4cccc(-c5ccccc5)c4)cc2-c2ccccc2)C3=C1. The van der Waals surface area contributed by atoms with Gasteiger partial charge < -0.3 is 9.13 Å². The summed E-state index contributed by atoms with van der Waals surface area (Å²) < 4.78 is 5.13. The van der Waals surface area contributed by atoms with Gasteiger partial charge in [0.15, 0.2) is 0 Å². The van der Waals surface area contributed by atoms with Crippen LogP contribution < -0.4 is 0 Å². The summed E-state index contributed by atoms with van der Waals surface area (Å²) in [6.07, 6.45) is 13.0. The molecular weight excluding hydrogens is 901 g/mol. The van der Waals surface area contributed by atoms with E-state index in [2.05, 4.69) is 288 Å². The predicted molar refractivity (Wildman–Crippen MR) is 306 cm³/mol. The molecule has 1 aliphatic heterocycles. The summed E-state index contributed by atoms with van der Waals surface area (Å²) in [6, 6.07) is 93.0. The van der Waals surface area contributed by atoms with Crippen LogP contribution in [-0.2, 0) is 5.41 Å².